The molecule has 2 rings (SSSR count). The minimum Gasteiger partial charge on any atom is -0.273 e. The number of H-pyrrole nitrogens is 2. The van der Waals surface area contributed by atoms with Crippen molar-refractivity contribution in [2.45, 2.75) is 20.8 Å². The van der Waals surface area contributed by atoms with Crippen LogP contribution in [-0.4, -0.2) is 21.1 Å². The van der Waals surface area contributed by atoms with Gasteiger partial charge in [0.05, 0.1) is 6.21 Å². The van der Waals surface area contributed by atoms with Gasteiger partial charge < -0.3 is 0 Å². The molecule has 0 atom stereocenters. The highest BCUT2D eigenvalue weighted by molar-refractivity contribution is 7.72. The van der Waals surface area contributed by atoms with Crippen LogP contribution in [0.4, 0.5) is 0 Å². The maximum absolute atomic E-state index is 5.07. The smallest absolute Gasteiger partial charge is 0.215 e. The number of hydrogen-bond acceptors (Lipinski definition) is 3. The first-order valence-electron chi connectivity index (χ1n) is 5.51. The minimum absolute atomic E-state index is 0.457. The van der Waals surface area contributed by atoms with E-state index in [4.69, 9.17) is 24.4 Å². The highest BCUT2D eigenvalue weighted by Gasteiger charge is 2.01. The van der Waals surface area contributed by atoms with Crippen molar-refractivity contribution in [3.63, 3.8) is 0 Å². The summed E-state index contributed by atoms with van der Waals surface area (Å²) in [6.07, 6.45) is 1.79. The highest BCUT2D eigenvalue weighted by Crippen LogP contribution is 2.14. The molecule has 0 aliphatic carbocycles. The molecular formula is C12H14N4S2. The molecule has 4 nitrogen and oxygen atoms in total. The molecule has 0 saturated carbocycles. The van der Waals surface area contributed by atoms with Crippen molar-refractivity contribution in [1.82, 2.24) is 14.9 Å². The summed E-state index contributed by atoms with van der Waals surface area (Å²) in [6, 6.07) is 4.26. The number of aromatic amines is 2. The minimum atomic E-state index is 0.457. The molecule has 0 fully saturated rings. The monoisotopic (exact) mass is 278 g/mol. The van der Waals surface area contributed by atoms with Crippen LogP contribution in [0.15, 0.2) is 17.2 Å². The molecule has 1 aromatic heterocycles. The van der Waals surface area contributed by atoms with E-state index in [0.717, 1.165) is 5.56 Å². The molecule has 0 aliphatic rings. The van der Waals surface area contributed by atoms with Crippen LogP contribution in [0.3, 0.4) is 0 Å². The lowest BCUT2D eigenvalue weighted by molar-refractivity contribution is 0.848. The van der Waals surface area contributed by atoms with E-state index in [2.05, 4.69) is 48.2 Å². The Balaban J connectivity index is 2.47. The van der Waals surface area contributed by atoms with E-state index < -0.39 is 0 Å². The average Bonchev–Trinajstić information content (AvgIpc) is 2.58. The summed E-state index contributed by atoms with van der Waals surface area (Å²) in [5.74, 6) is 0. The number of nitrogens with zero attached hydrogens (tertiary/aromatic N) is 2. The van der Waals surface area contributed by atoms with Crippen molar-refractivity contribution in [1.29, 1.82) is 0 Å². The Kier molecular flexibility index (Phi) is 3.58. The molecule has 18 heavy (non-hydrogen) atoms. The molecule has 2 aromatic rings. The summed E-state index contributed by atoms with van der Waals surface area (Å²) >= 11 is 10.1. The molecule has 94 valence electrons. The summed E-state index contributed by atoms with van der Waals surface area (Å²) in [4.78, 5) is 0. The van der Waals surface area contributed by atoms with E-state index >= 15 is 0 Å². The average molecular weight is 278 g/mol. The molecule has 0 saturated heterocycles. The van der Waals surface area contributed by atoms with Gasteiger partial charge in [0.15, 0.2) is 0 Å². The normalized spacial score (nSPS) is 11.3. The van der Waals surface area contributed by atoms with Crippen molar-refractivity contribution < 1.29 is 0 Å². The Morgan fingerprint density at radius 2 is 1.56 bits per heavy atom. The number of aryl methyl sites for hydroxylation is 3. The second-order valence-corrected chi connectivity index (χ2v) is 5.00. The van der Waals surface area contributed by atoms with Gasteiger partial charge in [-0.15, -0.1) is 0 Å². The maximum Gasteiger partial charge on any atom is 0.215 e. The zero-order valence-electron chi connectivity index (χ0n) is 10.4. The largest absolute Gasteiger partial charge is 0.273 e. The van der Waals surface area contributed by atoms with Crippen molar-refractivity contribution in [2.24, 2.45) is 5.10 Å². The molecule has 1 aromatic carbocycles. The van der Waals surface area contributed by atoms with Gasteiger partial charge in [-0.3, -0.25) is 10.2 Å². The van der Waals surface area contributed by atoms with Crippen LogP contribution >= 0.6 is 24.4 Å². The molecule has 6 heteroatoms. The van der Waals surface area contributed by atoms with E-state index in [0.29, 0.717) is 9.54 Å². The predicted molar refractivity (Wildman–Crippen MR) is 78.4 cm³/mol. The van der Waals surface area contributed by atoms with Crippen LogP contribution in [0.2, 0.25) is 0 Å². The number of nitrogens with one attached hydrogen (secondary N) is 2. The second kappa shape index (κ2) is 4.99. The first-order valence-corrected chi connectivity index (χ1v) is 6.32. The number of benzene rings is 1. The van der Waals surface area contributed by atoms with Crippen molar-refractivity contribution in [2.75, 3.05) is 0 Å². The number of hydrogen-bond donors (Lipinski definition) is 2. The highest BCUT2D eigenvalue weighted by atomic mass is 32.1. The van der Waals surface area contributed by atoms with Crippen LogP contribution in [0, 0.1) is 30.3 Å². The first-order chi connectivity index (χ1) is 8.49. The molecule has 0 radical (unpaired) electrons. The zero-order chi connectivity index (χ0) is 13.3. The number of aromatic nitrogens is 3. The Morgan fingerprint density at radius 1 is 1.06 bits per heavy atom. The standard InChI is InChI=1S/C12H14N4S2/c1-7-4-8(2)10(9(3)5-7)6-13-16-11(17)14-15-12(16)18/h4-6H,1-3H3,(H,14,17)(H,15,18)/b13-6-. The topological polar surface area (TPSA) is 48.9 Å². The Labute approximate surface area is 115 Å². The van der Waals surface area contributed by atoms with Gasteiger partial charge in [0.2, 0.25) is 9.54 Å². The van der Waals surface area contributed by atoms with Gasteiger partial charge in [-0.25, -0.2) is 0 Å². The van der Waals surface area contributed by atoms with Gasteiger partial charge in [0, 0.05) is 5.56 Å². The van der Waals surface area contributed by atoms with Crippen LogP contribution in [0.5, 0.6) is 0 Å². The second-order valence-electron chi connectivity index (χ2n) is 4.23. The first kappa shape index (κ1) is 12.9. The van der Waals surface area contributed by atoms with Gasteiger partial charge in [0.25, 0.3) is 0 Å². The van der Waals surface area contributed by atoms with Gasteiger partial charge in [0.1, 0.15) is 0 Å². The van der Waals surface area contributed by atoms with Gasteiger partial charge in [-0.05, 0) is 56.3 Å². The third kappa shape index (κ3) is 2.49. The van der Waals surface area contributed by atoms with Crippen LogP contribution in [0.1, 0.15) is 22.3 Å². The summed E-state index contributed by atoms with van der Waals surface area (Å²) < 4.78 is 2.40. The molecule has 0 bridgehead atoms. The lowest BCUT2D eigenvalue weighted by Crippen LogP contribution is -1.96. The van der Waals surface area contributed by atoms with Gasteiger partial charge in [-0.2, -0.15) is 9.78 Å². The summed E-state index contributed by atoms with van der Waals surface area (Å²) in [7, 11) is 0. The SMILES string of the molecule is Cc1cc(C)c(/C=N\n2c(=S)[nH][nH]c2=S)c(C)c1. The lowest BCUT2D eigenvalue weighted by Gasteiger charge is -2.06. The Bertz CT molecular complexity index is 668. The fraction of sp³-hybridized carbons (Fsp3) is 0.250. The fourth-order valence-corrected chi connectivity index (χ4v) is 2.36. The lowest BCUT2D eigenvalue weighted by atomic mass is 10.0. The fourth-order valence-electron chi connectivity index (χ4n) is 1.92. The predicted octanol–water partition coefficient (Wildman–Crippen LogP) is 3.41. The molecule has 1 heterocycles. The van der Waals surface area contributed by atoms with E-state index in [1.165, 1.54) is 21.4 Å². The maximum atomic E-state index is 5.07. The van der Waals surface area contributed by atoms with E-state index in [1.807, 2.05) is 0 Å². The molecule has 0 aliphatic heterocycles. The molecule has 0 amide bonds. The van der Waals surface area contributed by atoms with Crippen LogP contribution in [-0.2, 0) is 0 Å². The van der Waals surface area contributed by atoms with Crippen molar-refractivity contribution >= 4 is 30.7 Å². The van der Waals surface area contributed by atoms with Crippen LogP contribution < -0.4 is 0 Å². The van der Waals surface area contributed by atoms with E-state index in [9.17, 15) is 0 Å². The summed E-state index contributed by atoms with van der Waals surface area (Å²) in [6.45, 7) is 6.22. The van der Waals surface area contributed by atoms with Crippen LogP contribution in [0.25, 0.3) is 0 Å². The van der Waals surface area contributed by atoms with E-state index in [-0.39, 0.29) is 0 Å². The molecule has 0 spiro atoms. The molecular weight excluding hydrogens is 264 g/mol. The van der Waals surface area contributed by atoms with Gasteiger partial charge >= 0.3 is 0 Å². The van der Waals surface area contributed by atoms with Gasteiger partial charge in [-0.1, -0.05) is 17.7 Å². The summed E-state index contributed by atoms with van der Waals surface area (Å²) in [5.41, 5.74) is 4.72. The quantitative estimate of drug-likeness (QED) is 0.653. The Morgan fingerprint density at radius 3 is 2.06 bits per heavy atom. The Hall–Kier alpha value is -1.53. The van der Waals surface area contributed by atoms with E-state index in [1.54, 1.807) is 6.21 Å². The van der Waals surface area contributed by atoms with Crippen molar-refractivity contribution in [3.05, 3.63) is 43.9 Å². The van der Waals surface area contributed by atoms with Crippen molar-refractivity contribution in [3.8, 4) is 0 Å². The molecule has 2 N–H and O–H groups in total. The molecule has 0 unspecified atom stereocenters. The third-order valence-electron chi connectivity index (χ3n) is 2.70. The number of rotatable bonds is 2. The summed E-state index contributed by atoms with van der Waals surface area (Å²) in [5, 5.41) is 9.80. The third-order valence-corrected chi connectivity index (χ3v) is 3.25. The zero-order valence-corrected chi connectivity index (χ0v) is 12.1.